The summed E-state index contributed by atoms with van der Waals surface area (Å²) in [6.45, 7) is 1.03. The first-order valence-electron chi connectivity index (χ1n) is 9.88. The molecule has 2 aromatic carbocycles. The Morgan fingerprint density at radius 2 is 1.64 bits per heavy atom. The lowest BCUT2D eigenvalue weighted by molar-refractivity contribution is -0.114. The number of rotatable bonds is 7. The van der Waals surface area contributed by atoms with E-state index in [0.717, 1.165) is 8.87 Å². The highest BCUT2D eigenvalue weighted by Crippen LogP contribution is 2.25. The average molecular weight is 491 g/mol. The molecule has 0 aliphatic carbocycles. The monoisotopic (exact) mass is 490 g/mol. The van der Waals surface area contributed by atoms with Crippen LogP contribution >= 0.6 is 11.6 Å². The van der Waals surface area contributed by atoms with E-state index in [4.69, 9.17) is 11.6 Å². The number of hydrogen-bond donors (Lipinski definition) is 1. The maximum Gasteiger partial charge on any atom is 0.330 e. The van der Waals surface area contributed by atoms with Gasteiger partial charge in [-0.1, -0.05) is 29.8 Å². The highest BCUT2D eigenvalue weighted by atomic mass is 35.5. The molecule has 0 aliphatic rings. The van der Waals surface area contributed by atoms with Gasteiger partial charge in [0, 0.05) is 50.0 Å². The van der Waals surface area contributed by atoms with E-state index >= 15 is 0 Å². The first-order chi connectivity index (χ1) is 15.5. The van der Waals surface area contributed by atoms with Crippen LogP contribution in [0, 0.1) is 0 Å². The van der Waals surface area contributed by atoms with Crippen LogP contribution in [0.1, 0.15) is 18.2 Å². The second-order valence-electron chi connectivity index (χ2n) is 7.44. The summed E-state index contributed by atoms with van der Waals surface area (Å²) in [6.07, 6.45) is 0. The van der Waals surface area contributed by atoms with E-state index in [0.29, 0.717) is 16.3 Å². The van der Waals surface area contributed by atoms with Crippen molar-refractivity contribution in [2.45, 2.75) is 24.9 Å². The molecule has 3 rings (SSSR count). The van der Waals surface area contributed by atoms with Crippen LogP contribution in [0.2, 0.25) is 5.02 Å². The van der Waals surface area contributed by atoms with Crippen LogP contribution < -0.4 is 16.6 Å². The van der Waals surface area contributed by atoms with Gasteiger partial charge in [-0.25, -0.2) is 13.2 Å². The molecule has 9 nitrogen and oxygen atoms in total. The zero-order valence-electron chi connectivity index (χ0n) is 18.3. The lowest BCUT2D eigenvalue weighted by Gasteiger charge is -2.24. The molecular weight excluding hydrogens is 468 g/mol. The van der Waals surface area contributed by atoms with Gasteiger partial charge in [-0.05, 0) is 35.9 Å². The second kappa shape index (κ2) is 9.74. The summed E-state index contributed by atoms with van der Waals surface area (Å²) in [7, 11) is -1.25. The van der Waals surface area contributed by atoms with Gasteiger partial charge in [-0.15, -0.1) is 0 Å². The normalized spacial score (nSPS) is 11.5. The third kappa shape index (κ3) is 5.41. The molecule has 1 N–H and O–H groups in total. The SMILES string of the molecule is CC(=O)Nc1ccc(S(=O)(=O)N(Cc2ccccc2Cl)Cc2cc(=O)n(C)c(=O)n2C)cc1. The molecule has 0 spiro atoms. The quantitative estimate of drug-likeness (QED) is 0.545. The fraction of sp³-hybridized carbons (Fsp3) is 0.227. The number of amides is 1. The molecule has 0 radical (unpaired) electrons. The number of benzene rings is 2. The summed E-state index contributed by atoms with van der Waals surface area (Å²) in [6, 6.07) is 13.8. The topological polar surface area (TPSA) is 110 Å². The molecule has 0 bridgehead atoms. The van der Waals surface area contributed by atoms with Crippen molar-refractivity contribution in [1.29, 1.82) is 0 Å². The summed E-state index contributed by atoms with van der Waals surface area (Å²) in [5, 5.41) is 2.97. The van der Waals surface area contributed by atoms with E-state index < -0.39 is 21.3 Å². The predicted octanol–water partition coefficient (Wildman–Crippen LogP) is 2.09. The number of halogens is 1. The fourth-order valence-corrected chi connectivity index (χ4v) is 4.80. The minimum absolute atomic E-state index is 0.0162. The predicted molar refractivity (Wildman–Crippen MR) is 126 cm³/mol. The Bertz CT molecular complexity index is 1410. The molecule has 1 heterocycles. The van der Waals surface area contributed by atoms with Gasteiger partial charge in [0.05, 0.1) is 11.4 Å². The third-order valence-corrected chi connectivity index (χ3v) is 7.26. The summed E-state index contributed by atoms with van der Waals surface area (Å²) in [5.41, 5.74) is 0.142. The molecule has 0 unspecified atom stereocenters. The van der Waals surface area contributed by atoms with Crippen LogP contribution in [0.5, 0.6) is 0 Å². The lowest BCUT2D eigenvalue weighted by Crippen LogP contribution is -2.40. The number of nitrogens with one attached hydrogen (secondary N) is 1. The highest BCUT2D eigenvalue weighted by molar-refractivity contribution is 7.89. The van der Waals surface area contributed by atoms with Gasteiger partial charge in [0.25, 0.3) is 5.56 Å². The Morgan fingerprint density at radius 1 is 1.00 bits per heavy atom. The van der Waals surface area contributed by atoms with Gasteiger partial charge >= 0.3 is 5.69 Å². The van der Waals surface area contributed by atoms with Gasteiger partial charge in [0.15, 0.2) is 0 Å². The summed E-state index contributed by atoms with van der Waals surface area (Å²) < 4.78 is 30.4. The Hall–Kier alpha value is -3.21. The molecule has 0 saturated heterocycles. The van der Waals surface area contributed by atoms with Crippen molar-refractivity contribution in [3.05, 3.63) is 91.7 Å². The van der Waals surface area contributed by atoms with Gasteiger partial charge in [-0.3, -0.25) is 18.7 Å². The van der Waals surface area contributed by atoms with Crippen LogP contribution in [-0.4, -0.2) is 27.8 Å². The molecule has 174 valence electrons. The number of aromatic nitrogens is 2. The van der Waals surface area contributed by atoms with E-state index in [9.17, 15) is 22.8 Å². The molecule has 3 aromatic rings. The number of carbonyl (C=O) groups excluding carboxylic acids is 1. The summed E-state index contributed by atoms with van der Waals surface area (Å²) in [4.78, 5) is 35.8. The number of hydrogen-bond acceptors (Lipinski definition) is 5. The van der Waals surface area contributed by atoms with Gasteiger partial charge < -0.3 is 5.32 Å². The van der Waals surface area contributed by atoms with Gasteiger partial charge in [-0.2, -0.15) is 4.31 Å². The van der Waals surface area contributed by atoms with Crippen LogP contribution in [0.4, 0.5) is 5.69 Å². The molecular formula is C22H23ClN4O5S. The first-order valence-corrected chi connectivity index (χ1v) is 11.7. The molecule has 0 saturated carbocycles. The Labute approximate surface area is 195 Å². The standard InChI is InChI=1S/C22H23ClN4O5S/c1-15(28)24-17-8-10-19(11-9-17)33(31,32)27(13-16-6-4-5-7-20(16)23)14-18-12-21(29)26(3)22(30)25(18)2/h4-12H,13-14H2,1-3H3,(H,24,28). The van der Waals surface area contributed by atoms with Crippen LogP contribution in [0.25, 0.3) is 0 Å². The van der Waals surface area contributed by atoms with E-state index in [1.165, 1.54) is 55.9 Å². The van der Waals surface area contributed by atoms with E-state index in [1.807, 2.05) is 0 Å². The molecule has 0 fully saturated rings. The smallest absolute Gasteiger partial charge is 0.326 e. The minimum atomic E-state index is -4.07. The van der Waals surface area contributed by atoms with Crippen molar-refractivity contribution in [2.75, 3.05) is 5.32 Å². The maximum absolute atomic E-state index is 13.6. The Balaban J connectivity index is 2.07. The van der Waals surface area contributed by atoms with Crippen LogP contribution in [0.3, 0.4) is 0 Å². The molecule has 33 heavy (non-hydrogen) atoms. The van der Waals surface area contributed by atoms with Crippen LogP contribution in [0.15, 0.2) is 69.1 Å². The zero-order chi connectivity index (χ0) is 24.3. The number of carbonyl (C=O) groups is 1. The number of sulfonamides is 1. The highest BCUT2D eigenvalue weighted by Gasteiger charge is 2.27. The minimum Gasteiger partial charge on any atom is -0.326 e. The van der Waals surface area contributed by atoms with E-state index in [-0.39, 0.29) is 29.6 Å². The van der Waals surface area contributed by atoms with E-state index in [2.05, 4.69) is 5.32 Å². The third-order valence-electron chi connectivity index (χ3n) is 5.08. The van der Waals surface area contributed by atoms with Crippen molar-refractivity contribution in [3.8, 4) is 0 Å². The lowest BCUT2D eigenvalue weighted by atomic mass is 10.2. The Morgan fingerprint density at radius 3 is 2.24 bits per heavy atom. The zero-order valence-corrected chi connectivity index (χ0v) is 19.9. The molecule has 0 atom stereocenters. The molecule has 0 aliphatic heterocycles. The molecule has 1 amide bonds. The van der Waals surface area contributed by atoms with Crippen molar-refractivity contribution in [3.63, 3.8) is 0 Å². The van der Waals surface area contributed by atoms with Crippen LogP contribution in [-0.2, 0) is 42.0 Å². The van der Waals surface area contributed by atoms with Crippen molar-refractivity contribution < 1.29 is 13.2 Å². The fourth-order valence-electron chi connectivity index (χ4n) is 3.22. The number of nitrogens with zero attached hydrogens (tertiary/aromatic N) is 3. The van der Waals surface area contributed by atoms with Crippen molar-refractivity contribution in [2.24, 2.45) is 14.1 Å². The number of anilines is 1. The average Bonchev–Trinajstić information content (AvgIpc) is 2.76. The summed E-state index contributed by atoms with van der Waals surface area (Å²) >= 11 is 6.27. The van der Waals surface area contributed by atoms with Crippen molar-refractivity contribution >= 4 is 33.2 Å². The second-order valence-corrected chi connectivity index (χ2v) is 9.79. The molecule has 1 aromatic heterocycles. The Kier molecular flexibility index (Phi) is 7.21. The van der Waals surface area contributed by atoms with E-state index in [1.54, 1.807) is 24.3 Å². The summed E-state index contributed by atoms with van der Waals surface area (Å²) in [5.74, 6) is -0.280. The van der Waals surface area contributed by atoms with Crippen molar-refractivity contribution in [1.82, 2.24) is 13.4 Å². The molecule has 11 heteroatoms. The maximum atomic E-state index is 13.6. The van der Waals surface area contributed by atoms with Gasteiger partial charge in [0.1, 0.15) is 0 Å². The largest absolute Gasteiger partial charge is 0.330 e. The van der Waals surface area contributed by atoms with Gasteiger partial charge in [0.2, 0.25) is 15.9 Å². The first kappa shape index (κ1) is 24.4.